The number of amides is 2. The molecule has 6 rings (SSSR count). The molecule has 2 aliphatic carbocycles. The molecule has 3 N–H and O–H groups in total. The molecule has 0 radical (unpaired) electrons. The van der Waals surface area contributed by atoms with Crippen molar-refractivity contribution in [2.24, 2.45) is 0 Å². The molecule has 12 nitrogen and oxygen atoms in total. The highest BCUT2D eigenvalue weighted by Crippen LogP contribution is 2.34. The number of carboxylic acid groups (broad SMARTS) is 1. The number of nitrogens with zero attached hydrogens (tertiary/aromatic N) is 5. The molecule has 3 heterocycles. The molecule has 3 aliphatic rings. The minimum atomic E-state index is -2.82. The van der Waals surface area contributed by atoms with Gasteiger partial charge in [0, 0.05) is 25.2 Å². The van der Waals surface area contributed by atoms with Gasteiger partial charge in [0.2, 0.25) is 17.7 Å². The maximum absolute atomic E-state index is 14.1. The number of hydrogen-bond acceptors (Lipinski definition) is 8. The number of anilines is 1. The van der Waals surface area contributed by atoms with Crippen molar-refractivity contribution in [1.82, 2.24) is 30.2 Å². The quantitative estimate of drug-likeness (QED) is 0.361. The van der Waals surface area contributed by atoms with E-state index >= 15 is 0 Å². The second kappa shape index (κ2) is 11.7. The van der Waals surface area contributed by atoms with Crippen molar-refractivity contribution < 1.29 is 33.0 Å². The van der Waals surface area contributed by atoms with Crippen LogP contribution < -0.4 is 20.3 Å². The monoisotopic (exact) mass is 585 g/mol. The smallest absolute Gasteiger partial charge is 0.405 e. The lowest BCUT2D eigenvalue weighted by atomic mass is 9.75. The van der Waals surface area contributed by atoms with Crippen LogP contribution in [0, 0.1) is 0 Å². The standard InChI is InChI=1S/C28H33F2N7O5/c29-23(30)24-32-19-4-1-2-5-20(19)37(24)21-16-22(34-26(33-21)36-12-14-41-15-13-36)42-18-8-6-17(7-9-18)31-25(38)28(10-3-11-28)35-27(39)40/h1-2,4-5,16-18,23,35H,3,6-15H2,(H,31,38)(H,39,40)/t17-,18-. The maximum Gasteiger partial charge on any atom is 0.405 e. The van der Waals surface area contributed by atoms with Crippen molar-refractivity contribution in [2.75, 3.05) is 31.2 Å². The van der Waals surface area contributed by atoms with Gasteiger partial charge >= 0.3 is 6.09 Å². The van der Waals surface area contributed by atoms with Crippen LogP contribution in [0.1, 0.15) is 57.2 Å². The Morgan fingerprint density at radius 1 is 1.07 bits per heavy atom. The summed E-state index contributed by atoms with van der Waals surface area (Å²) >= 11 is 0. The van der Waals surface area contributed by atoms with E-state index in [0.717, 1.165) is 6.42 Å². The minimum absolute atomic E-state index is 0.0961. The molecular weight excluding hydrogens is 552 g/mol. The second-order valence-corrected chi connectivity index (χ2v) is 11.0. The normalized spacial score (nSPS) is 22.0. The number of nitrogens with one attached hydrogen (secondary N) is 2. The zero-order chi connectivity index (χ0) is 29.3. The number of carbonyl (C=O) groups is 2. The zero-order valence-electron chi connectivity index (χ0n) is 23.0. The molecule has 224 valence electrons. The molecule has 3 aromatic rings. The molecule has 1 aliphatic heterocycles. The van der Waals surface area contributed by atoms with Gasteiger partial charge in [-0.2, -0.15) is 9.97 Å². The van der Waals surface area contributed by atoms with E-state index in [4.69, 9.17) is 14.6 Å². The van der Waals surface area contributed by atoms with Crippen molar-refractivity contribution in [3.8, 4) is 11.7 Å². The molecule has 2 aromatic heterocycles. The minimum Gasteiger partial charge on any atom is -0.474 e. The molecule has 1 aromatic carbocycles. The number of alkyl halides is 2. The first-order valence-electron chi connectivity index (χ1n) is 14.3. The Kier molecular flexibility index (Phi) is 7.80. The summed E-state index contributed by atoms with van der Waals surface area (Å²) in [4.78, 5) is 39.5. The fraction of sp³-hybridized carbons (Fsp3) is 0.536. The van der Waals surface area contributed by atoms with Crippen LogP contribution in [0.2, 0.25) is 0 Å². The van der Waals surface area contributed by atoms with Crippen LogP contribution in [-0.4, -0.2) is 80.6 Å². The molecule has 2 amide bonds. The van der Waals surface area contributed by atoms with Crippen molar-refractivity contribution in [3.05, 3.63) is 36.2 Å². The highest BCUT2D eigenvalue weighted by Gasteiger charge is 2.46. The number of hydrogen-bond donors (Lipinski definition) is 3. The fourth-order valence-electron chi connectivity index (χ4n) is 5.88. The first kappa shape index (κ1) is 28.1. The van der Waals surface area contributed by atoms with Crippen molar-refractivity contribution >= 4 is 29.0 Å². The molecule has 3 fully saturated rings. The number of ether oxygens (including phenoxy) is 2. The Morgan fingerprint density at radius 3 is 2.48 bits per heavy atom. The van der Waals surface area contributed by atoms with E-state index in [1.165, 1.54) is 4.57 Å². The van der Waals surface area contributed by atoms with E-state index in [1.807, 2.05) is 4.90 Å². The number of imidazole rings is 1. The summed E-state index contributed by atoms with van der Waals surface area (Å²) in [6.07, 6.45) is 0.114. The third-order valence-corrected chi connectivity index (χ3v) is 8.27. The lowest BCUT2D eigenvalue weighted by Gasteiger charge is -2.41. The number of aromatic nitrogens is 4. The van der Waals surface area contributed by atoms with E-state index in [0.29, 0.717) is 81.8 Å². The number of para-hydroxylation sites is 2. The van der Waals surface area contributed by atoms with Crippen LogP contribution >= 0.6 is 0 Å². The fourth-order valence-corrected chi connectivity index (χ4v) is 5.88. The number of benzene rings is 1. The van der Waals surface area contributed by atoms with Crippen LogP contribution in [0.15, 0.2) is 30.3 Å². The van der Waals surface area contributed by atoms with Crippen molar-refractivity contribution in [1.29, 1.82) is 0 Å². The summed E-state index contributed by atoms with van der Waals surface area (Å²) in [6, 6.07) is 8.38. The molecule has 0 bridgehead atoms. The SMILES string of the molecule is O=C(O)NC1(C(=O)N[C@H]2CC[C@H](Oc3cc(-n4c(C(F)F)nc5ccccc54)nc(N4CCOCC4)n3)CC2)CCC1. The molecule has 14 heteroatoms. The predicted molar refractivity (Wildman–Crippen MR) is 147 cm³/mol. The summed E-state index contributed by atoms with van der Waals surface area (Å²) in [5.74, 6) is 0.181. The van der Waals surface area contributed by atoms with Crippen LogP contribution in [-0.2, 0) is 9.53 Å². The largest absolute Gasteiger partial charge is 0.474 e. The van der Waals surface area contributed by atoms with Gasteiger partial charge in [0.1, 0.15) is 17.5 Å². The third-order valence-electron chi connectivity index (χ3n) is 8.27. The van der Waals surface area contributed by atoms with Gasteiger partial charge < -0.3 is 30.1 Å². The summed E-state index contributed by atoms with van der Waals surface area (Å²) in [7, 11) is 0. The first-order chi connectivity index (χ1) is 20.3. The maximum atomic E-state index is 14.1. The Morgan fingerprint density at radius 2 is 1.81 bits per heavy atom. The Balaban J connectivity index is 1.21. The van der Waals surface area contributed by atoms with Crippen LogP contribution in [0.5, 0.6) is 5.88 Å². The van der Waals surface area contributed by atoms with Crippen LogP contribution in [0.3, 0.4) is 0 Å². The number of carbonyl (C=O) groups excluding carboxylic acids is 1. The molecular formula is C28H33F2N7O5. The van der Waals surface area contributed by atoms with Gasteiger partial charge in [-0.1, -0.05) is 12.1 Å². The van der Waals surface area contributed by atoms with Gasteiger partial charge in [-0.25, -0.2) is 18.6 Å². The molecule has 1 saturated heterocycles. The summed E-state index contributed by atoms with van der Waals surface area (Å²) in [6.45, 7) is 2.11. The topological polar surface area (TPSA) is 144 Å². The van der Waals surface area contributed by atoms with E-state index in [1.54, 1.807) is 30.3 Å². The second-order valence-electron chi connectivity index (χ2n) is 11.0. The number of morpholine rings is 1. The summed E-state index contributed by atoms with van der Waals surface area (Å²) < 4.78 is 41.4. The van der Waals surface area contributed by atoms with E-state index < -0.39 is 23.9 Å². The van der Waals surface area contributed by atoms with E-state index in [2.05, 4.69) is 25.6 Å². The van der Waals surface area contributed by atoms with Gasteiger partial charge in [0.25, 0.3) is 6.43 Å². The summed E-state index contributed by atoms with van der Waals surface area (Å²) in [5, 5.41) is 14.6. The van der Waals surface area contributed by atoms with Gasteiger partial charge in [-0.15, -0.1) is 0 Å². The molecule has 0 atom stereocenters. The predicted octanol–water partition coefficient (Wildman–Crippen LogP) is 3.59. The molecule has 0 unspecified atom stereocenters. The lowest BCUT2D eigenvalue weighted by Crippen LogP contribution is -2.64. The highest BCUT2D eigenvalue weighted by atomic mass is 19.3. The lowest BCUT2D eigenvalue weighted by molar-refractivity contribution is -0.131. The van der Waals surface area contributed by atoms with E-state index in [9.17, 15) is 18.4 Å². The number of halogens is 2. The Labute approximate surface area is 240 Å². The van der Waals surface area contributed by atoms with Gasteiger partial charge in [0.05, 0.1) is 24.2 Å². The molecule has 0 spiro atoms. The third kappa shape index (κ3) is 5.67. The average molecular weight is 586 g/mol. The number of rotatable bonds is 8. The Bertz CT molecular complexity index is 1450. The first-order valence-corrected chi connectivity index (χ1v) is 14.3. The zero-order valence-corrected chi connectivity index (χ0v) is 23.0. The van der Waals surface area contributed by atoms with Gasteiger partial charge in [0.15, 0.2) is 5.82 Å². The highest BCUT2D eigenvalue weighted by molar-refractivity contribution is 5.90. The van der Waals surface area contributed by atoms with Crippen LogP contribution in [0.25, 0.3) is 16.9 Å². The number of fused-ring (bicyclic) bond motifs is 1. The van der Waals surface area contributed by atoms with Gasteiger partial charge in [-0.05, 0) is 57.1 Å². The Hall–Kier alpha value is -4.07. The average Bonchev–Trinajstić information content (AvgIpc) is 3.36. The van der Waals surface area contributed by atoms with E-state index in [-0.39, 0.29) is 29.8 Å². The molecule has 42 heavy (non-hydrogen) atoms. The molecule has 2 saturated carbocycles. The van der Waals surface area contributed by atoms with Crippen molar-refractivity contribution in [3.63, 3.8) is 0 Å². The van der Waals surface area contributed by atoms with Crippen LogP contribution in [0.4, 0.5) is 19.5 Å². The van der Waals surface area contributed by atoms with Gasteiger partial charge in [-0.3, -0.25) is 9.36 Å². The van der Waals surface area contributed by atoms with Crippen molar-refractivity contribution in [2.45, 2.75) is 69.1 Å². The summed E-state index contributed by atoms with van der Waals surface area (Å²) in [5.41, 5.74) is -0.103.